The van der Waals surface area contributed by atoms with E-state index >= 15 is 0 Å². The second kappa shape index (κ2) is 7.55. The number of rotatable bonds is 5. The van der Waals surface area contributed by atoms with Crippen LogP contribution in [0, 0.1) is 5.92 Å². The molecule has 1 saturated heterocycles. The predicted molar refractivity (Wildman–Crippen MR) is 112 cm³/mol. The van der Waals surface area contributed by atoms with E-state index in [0.717, 1.165) is 40.4 Å². The molecule has 3 heterocycles. The number of aromatic nitrogens is 1. The molecule has 1 aliphatic heterocycles. The zero-order chi connectivity index (χ0) is 18.1. The first-order chi connectivity index (χ1) is 12.5. The highest BCUT2D eigenvalue weighted by atomic mass is 79.9. The van der Waals surface area contributed by atoms with Crippen LogP contribution in [0.25, 0.3) is 10.2 Å². The Kier molecular flexibility index (Phi) is 5.34. The number of thiophene rings is 1. The normalized spacial score (nSPS) is 16.4. The topological polar surface area (TPSA) is 62.3 Å². The number of fused-ring (bicyclic) bond motifs is 1. The van der Waals surface area contributed by atoms with Crippen molar-refractivity contribution in [3.8, 4) is 0 Å². The van der Waals surface area contributed by atoms with Gasteiger partial charge in [0.25, 0.3) is 0 Å². The Labute approximate surface area is 169 Å². The fourth-order valence-electron chi connectivity index (χ4n) is 3.06. The smallest absolute Gasteiger partial charge is 0.250 e. The third-order valence-electron chi connectivity index (χ3n) is 4.54. The number of nitrogens with one attached hydrogen (secondary N) is 1. The molecule has 138 valence electrons. The lowest BCUT2D eigenvalue weighted by Gasteiger charge is -2.31. The van der Waals surface area contributed by atoms with Crippen molar-refractivity contribution in [3.05, 3.63) is 40.2 Å². The molecule has 9 heteroatoms. The maximum Gasteiger partial charge on any atom is 0.250 e. The van der Waals surface area contributed by atoms with Crippen molar-refractivity contribution >= 4 is 64.0 Å². The molecule has 5 nitrogen and oxygen atoms in total. The zero-order valence-electron chi connectivity index (χ0n) is 13.9. The lowest BCUT2D eigenvalue weighted by molar-refractivity contribution is 0.402. The van der Waals surface area contributed by atoms with Gasteiger partial charge in [0.2, 0.25) is 10.0 Å². The van der Waals surface area contributed by atoms with Crippen molar-refractivity contribution in [2.75, 3.05) is 24.5 Å². The van der Waals surface area contributed by atoms with Crippen LogP contribution in [0.2, 0.25) is 0 Å². The van der Waals surface area contributed by atoms with Gasteiger partial charge in [0.15, 0.2) is 5.13 Å². The highest BCUT2D eigenvalue weighted by Crippen LogP contribution is 2.31. The number of piperidine rings is 1. The molecular weight excluding hydrogens is 454 g/mol. The molecule has 3 aromatic rings. The summed E-state index contributed by atoms with van der Waals surface area (Å²) >= 11 is 6.26. The van der Waals surface area contributed by atoms with Crippen molar-refractivity contribution in [3.63, 3.8) is 0 Å². The van der Waals surface area contributed by atoms with Gasteiger partial charge in [-0.2, -0.15) is 0 Å². The maximum absolute atomic E-state index is 12.3. The van der Waals surface area contributed by atoms with E-state index in [1.807, 2.05) is 18.2 Å². The van der Waals surface area contributed by atoms with Gasteiger partial charge in [-0.05, 0) is 59.0 Å². The number of anilines is 1. The molecule has 4 rings (SSSR count). The minimum absolute atomic E-state index is 0.358. The molecule has 26 heavy (non-hydrogen) atoms. The number of halogens is 1. The molecule has 0 spiro atoms. The third kappa shape index (κ3) is 3.96. The molecule has 0 amide bonds. The van der Waals surface area contributed by atoms with E-state index in [1.54, 1.807) is 23.5 Å². The SMILES string of the molecule is O=S(=O)(NCC1CCN(c2nc3ccccc3s2)CC1)c1ccc(Br)s1. The van der Waals surface area contributed by atoms with Crippen LogP contribution >= 0.6 is 38.6 Å². The van der Waals surface area contributed by atoms with Crippen LogP contribution in [-0.2, 0) is 10.0 Å². The van der Waals surface area contributed by atoms with E-state index in [9.17, 15) is 8.42 Å². The Morgan fingerprint density at radius 3 is 2.62 bits per heavy atom. The number of para-hydroxylation sites is 1. The van der Waals surface area contributed by atoms with E-state index in [2.05, 4.69) is 31.6 Å². The second-order valence-corrected chi connectivity index (χ2v) is 11.8. The molecule has 1 N–H and O–H groups in total. The zero-order valence-corrected chi connectivity index (χ0v) is 17.9. The first-order valence-corrected chi connectivity index (χ1v) is 12.3. The van der Waals surface area contributed by atoms with Gasteiger partial charge >= 0.3 is 0 Å². The van der Waals surface area contributed by atoms with Crippen molar-refractivity contribution in [1.82, 2.24) is 9.71 Å². The Morgan fingerprint density at radius 1 is 1.15 bits per heavy atom. The van der Waals surface area contributed by atoms with Gasteiger partial charge < -0.3 is 4.90 Å². The molecule has 0 radical (unpaired) electrons. The summed E-state index contributed by atoms with van der Waals surface area (Å²) in [6.07, 6.45) is 1.93. The van der Waals surface area contributed by atoms with Crippen LogP contribution < -0.4 is 9.62 Å². The Balaban J connectivity index is 1.33. The summed E-state index contributed by atoms with van der Waals surface area (Å²) < 4.78 is 29.8. The first kappa shape index (κ1) is 18.4. The summed E-state index contributed by atoms with van der Waals surface area (Å²) in [6.45, 7) is 2.32. The van der Waals surface area contributed by atoms with Gasteiger partial charge in [0, 0.05) is 19.6 Å². The average Bonchev–Trinajstić information content (AvgIpc) is 3.27. The lowest BCUT2D eigenvalue weighted by Crippen LogP contribution is -2.38. The molecule has 1 fully saturated rings. The van der Waals surface area contributed by atoms with E-state index in [0.29, 0.717) is 16.7 Å². The number of benzene rings is 1. The van der Waals surface area contributed by atoms with E-state index < -0.39 is 10.0 Å². The van der Waals surface area contributed by atoms with E-state index in [4.69, 9.17) is 4.98 Å². The monoisotopic (exact) mass is 471 g/mol. The summed E-state index contributed by atoms with van der Waals surface area (Å²) in [7, 11) is -3.41. The summed E-state index contributed by atoms with van der Waals surface area (Å²) in [6, 6.07) is 11.6. The van der Waals surface area contributed by atoms with Crippen LogP contribution in [0.3, 0.4) is 0 Å². The van der Waals surface area contributed by atoms with Gasteiger partial charge in [-0.3, -0.25) is 0 Å². The van der Waals surface area contributed by atoms with E-state index in [-0.39, 0.29) is 0 Å². The Hall–Kier alpha value is -1.000. The maximum atomic E-state index is 12.3. The van der Waals surface area contributed by atoms with Gasteiger partial charge in [-0.1, -0.05) is 23.5 Å². The fraction of sp³-hybridized carbons (Fsp3) is 0.353. The molecule has 0 saturated carbocycles. The highest BCUT2D eigenvalue weighted by molar-refractivity contribution is 9.11. The summed E-state index contributed by atoms with van der Waals surface area (Å²) in [5, 5.41) is 1.06. The van der Waals surface area contributed by atoms with Crippen molar-refractivity contribution in [2.24, 2.45) is 5.92 Å². The summed E-state index contributed by atoms with van der Waals surface area (Å²) in [5.74, 6) is 0.360. The summed E-state index contributed by atoms with van der Waals surface area (Å²) in [5.41, 5.74) is 1.05. The number of thiazole rings is 1. The third-order valence-corrected chi connectivity index (χ3v) is 9.18. The minimum Gasteiger partial charge on any atom is -0.348 e. The molecular formula is C17H18BrN3O2S3. The first-order valence-electron chi connectivity index (χ1n) is 8.37. The Morgan fingerprint density at radius 2 is 1.92 bits per heavy atom. The van der Waals surface area contributed by atoms with Crippen molar-refractivity contribution in [1.29, 1.82) is 0 Å². The number of hydrogen-bond acceptors (Lipinski definition) is 6. The van der Waals surface area contributed by atoms with Crippen molar-refractivity contribution < 1.29 is 8.42 Å². The second-order valence-electron chi connectivity index (χ2n) is 6.31. The fourth-order valence-corrected chi connectivity index (χ4v) is 7.25. The average molecular weight is 472 g/mol. The molecule has 1 aromatic carbocycles. The quantitative estimate of drug-likeness (QED) is 0.601. The summed E-state index contributed by atoms with van der Waals surface area (Å²) in [4.78, 5) is 7.03. The molecule has 0 aliphatic carbocycles. The van der Waals surface area contributed by atoms with Crippen LogP contribution in [-0.4, -0.2) is 33.0 Å². The highest BCUT2D eigenvalue weighted by Gasteiger charge is 2.24. The molecule has 0 unspecified atom stereocenters. The predicted octanol–water partition coefficient (Wildman–Crippen LogP) is 4.32. The number of nitrogens with zero attached hydrogens (tertiary/aromatic N) is 2. The molecule has 1 aliphatic rings. The standard InChI is InChI=1S/C17H18BrN3O2S3/c18-15-5-6-16(25-15)26(22,23)19-11-12-7-9-21(10-8-12)17-20-13-3-1-2-4-14(13)24-17/h1-6,12,19H,7-11H2. The van der Waals surface area contributed by atoms with Crippen LogP contribution in [0.1, 0.15) is 12.8 Å². The van der Waals surface area contributed by atoms with Crippen LogP contribution in [0.4, 0.5) is 5.13 Å². The van der Waals surface area contributed by atoms with Gasteiger partial charge in [0.1, 0.15) is 4.21 Å². The molecule has 2 aromatic heterocycles. The Bertz CT molecular complexity index is 974. The number of hydrogen-bond donors (Lipinski definition) is 1. The van der Waals surface area contributed by atoms with Gasteiger partial charge in [-0.25, -0.2) is 18.1 Å². The van der Waals surface area contributed by atoms with E-state index in [1.165, 1.54) is 16.0 Å². The van der Waals surface area contributed by atoms with Gasteiger partial charge in [-0.15, -0.1) is 11.3 Å². The lowest BCUT2D eigenvalue weighted by atomic mass is 9.97. The van der Waals surface area contributed by atoms with Crippen molar-refractivity contribution in [2.45, 2.75) is 17.1 Å². The van der Waals surface area contributed by atoms with Crippen LogP contribution in [0.5, 0.6) is 0 Å². The largest absolute Gasteiger partial charge is 0.348 e. The number of sulfonamides is 1. The van der Waals surface area contributed by atoms with Crippen LogP contribution in [0.15, 0.2) is 44.4 Å². The molecule has 0 bridgehead atoms. The van der Waals surface area contributed by atoms with Gasteiger partial charge in [0.05, 0.1) is 14.0 Å². The minimum atomic E-state index is -3.41. The molecule has 0 atom stereocenters.